The molecule has 21 heavy (non-hydrogen) atoms. The van der Waals surface area contributed by atoms with Crippen LogP contribution in [-0.4, -0.2) is 16.0 Å². The van der Waals surface area contributed by atoms with Crippen LogP contribution >= 0.6 is 7.60 Å². The van der Waals surface area contributed by atoms with Crippen molar-refractivity contribution in [1.82, 2.24) is 0 Å². The summed E-state index contributed by atoms with van der Waals surface area (Å²) in [6, 6.07) is 12.0. The highest BCUT2D eigenvalue weighted by molar-refractivity contribution is 7.61. The lowest BCUT2D eigenvalue weighted by molar-refractivity contribution is -0.145. The third-order valence-corrected chi connectivity index (χ3v) is 4.18. The van der Waals surface area contributed by atoms with E-state index in [2.05, 4.69) is 0 Å². The Labute approximate surface area is 120 Å². The molecule has 7 heteroatoms. The third kappa shape index (κ3) is 3.76. The summed E-state index contributed by atoms with van der Waals surface area (Å²) in [4.78, 5) is 21.2. The SMILES string of the molecule is O=C(O)C(OP(=O)(O)c1ccc(F)cc1)c1ccccc1. The maximum Gasteiger partial charge on any atom is 0.359 e. The molecular weight excluding hydrogens is 298 g/mol. The monoisotopic (exact) mass is 310 g/mol. The minimum atomic E-state index is -4.39. The molecule has 2 aromatic carbocycles. The van der Waals surface area contributed by atoms with E-state index in [0.717, 1.165) is 24.3 Å². The summed E-state index contributed by atoms with van der Waals surface area (Å²) in [6.07, 6.45) is -1.59. The summed E-state index contributed by atoms with van der Waals surface area (Å²) in [5.41, 5.74) is 0.237. The van der Waals surface area contributed by atoms with Gasteiger partial charge in [-0.05, 0) is 29.8 Å². The number of hydrogen-bond donors (Lipinski definition) is 2. The Morgan fingerprint density at radius 3 is 2.19 bits per heavy atom. The number of aliphatic carboxylic acids is 1. The summed E-state index contributed by atoms with van der Waals surface area (Å²) < 4.78 is 29.9. The van der Waals surface area contributed by atoms with Crippen LogP contribution in [-0.2, 0) is 13.9 Å². The van der Waals surface area contributed by atoms with Crippen molar-refractivity contribution in [3.63, 3.8) is 0 Å². The summed E-state index contributed by atoms with van der Waals surface area (Å²) in [6.45, 7) is 0. The summed E-state index contributed by atoms with van der Waals surface area (Å²) >= 11 is 0. The number of halogens is 1. The smallest absolute Gasteiger partial charge is 0.359 e. The van der Waals surface area contributed by atoms with Gasteiger partial charge in [0.2, 0.25) is 0 Å². The van der Waals surface area contributed by atoms with E-state index >= 15 is 0 Å². The molecule has 2 aromatic rings. The van der Waals surface area contributed by atoms with Crippen molar-refractivity contribution in [3.05, 3.63) is 66.0 Å². The van der Waals surface area contributed by atoms with Crippen LogP contribution in [0.4, 0.5) is 4.39 Å². The van der Waals surface area contributed by atoms with Gasteiger partial charge in [0.05, 0.1) is 5.30 Å². The molecule has 0 aromatic heterocycles. The predicted molar refractivity (Wildman–Crippen MR) is 73.8 cm³/mol. The standard InChI is InChI=1S/C14H12FO5P/c15-11-6-8-12(9-7-11)21(18,19)20-13(14(16)17)10-4-2-1-3-5-10/h1-9,13H,(H,16,17)(H,18,19). The average Bonchev–Trinajstić information content (AvgIpc) is 2.46. The van der Waals surface area contributed by atoms with E-state index < -0.39 is 25.5 Å². The molecule has 0 bridgehead atoms. The molecule has 0 spiro atoms. The van der Waals surface area contributed by atoms with Gasteiger partial charge in [0.1, 0.15) is 5.82 Å². The highest BCUT2D eigenvalue weighted by Gasteiger charge is 2.32. The van der Waals surface area contributed by atoms with E-state index in [-0.39, 0.29) is 10.9 Å². The van der Waals surface area contributed by atoms with E-state index in [4.69, 9.17) is 9.63 Å². The summed E-state index contributed by atoms with van der Waals surface area (Å²) in [5, 5.41) is 8.99. The normalized spacial score (nSPS) is 15.1. The maximum atomic E-state index is 12.8. The first-order chi connectivity index (χ1) is 9.90. The molecule has 0 saturated heterocycles. The molecule has 0 fully saturated rings. The third-order valence-electron chi connectivity index (χ3n) is 2.73. The Morgan fingerprint density at radius 2 is 1.67 bits per heavy atom. The number of rotatable bonds is 5. The van der Waals surface area contributed by atoms with Crippen LogP contribution in [0.25, 0.3) is 0 Å². The number of carboxylic acid groups (broad SMARTS) is 1. The quantitative estimate of drug-likeness (QED) is 0.829. The first-order valence-electron chi connectivity index (χ1n) is 5.95. The van der Waals surface area contributed by atoms with Gasteiger partial charge in [-0.25, -0.2) is 9.18 Å². The minimum absolute atomic E-state index is 0.175. The number of carboxylic acids is 1. The van der Waals surface area contributed by atoms with Gasteiger partial charge in [0.15, 0.2) is 6.10 Å². The fraction of sp³-hybridized carbons (Fsp3) is 0.0714. The van der Waals surface area contributed by atoms with Gasteiger partial charge in [-0.1, -0.05) is 30.3 Å². The fourth-order valence-corrected chi connectivity index (χ4v) is 2.85. The van der Waals surface area contributed by atoms with Crippen LogP contribution in [0.1, 0.15) is 11.7 Å². The van der Waals surface area contributed by atoms with Crippen LogP contribution in [0.3, 0.4) is 0 Å². The van der Waals surface area contributed by atoms with Crippen LogP contribution in [0, 0.1) is 5.82 Å². The molecule has 2 N–H and O–H groups in total. The van der Waals surface area contributed by atoms with Gasteiger partial charge >= 0.3 is 13.6 Å². The molecule has 5 nitrogen and oxygen atoms in total. The van der Waals surface area contributed by atoms with E-state index in [9.17, 15) is 18.6 Å². The van der Waals surface area contributed by atoms with Crippen molar-refractivity contribution in [2.24, 2.45) is 0 Å². The molecule has 2 rings (SSSR count). The van der Waals surface area contributed by atoms with E-state index in [1.54, 1.807) is 18.2 Å². The molecule has 0 aliphatic rings. The number of benzene rings is 2. The van der Waals surface area contributed by atoms with E-state index in [1.807, 2.05) is 0 Å². The Bertz CT molecular complexity index is 672. The molecule has 110 valence electrons. The first kappa shape index (κ1) is 15.4. The largest absolute Gasteiger partial charge is 0.479 e. The molecule has 0 heterocycles. The maximum absolute atomic E-state index is 12.8. The molecule has 2 atom stereocenters. The molecular formula is C14H12FO5P. The second-order valence-electron chi connectivity index (χ2n) is 4.23. The topological polar surface area (TPSA) is 83.8 Å². The molecule has 2 unspecified atom stereocenters. The lowest BCUT2D eigenvalue weighted by atomic mass is 10.1. The van der Waals surface area contributed by atoms with Gasteiger partial charge in [-0.3, -0.25) is 9.09 Å². The lowest BCUT2D eigenvalue weighted by Crippen LogP contribution is -2.17. The molecule has 0 aliphatic heterocycles. The summed E-state index contributed by atoms with van der Waals surface area (Å²) in [5.74, 6) is -1.96. The number of carbonyl (C=O) groups is 1. The first-order valence-corrected chi connectivity index (χ1v) is 7.53. The van der Waals surface area contributed by atoms with Crippen molar-refractivity contribution in [2.45, 2.75) is 6.10 Å². The Morgan fingerprint density at radius 1 is 1.10 bits per heavy atom. The molecule has 0 aliphatic carbocycles. The highest BCUT2D eigenvalue weighted by atomic mass is 31.2. The number of hydrogen-bond acceptors (Lipinski definition) is 3. The van der Waals surface area contributed by atoms with Gasteiger partial charge < -0.3 is 10.00 Å². The zero-order valence-corrected chi connectivity index (χ0v) is 11.6. The van der Waals surface area contributed by atoms with Crippen molar-refractivity contribution in [2.75, 3.05) is 0 Å². The Hall–Kier alpha value is -2.01. The van der Waals surface area contributed by atoms with Crippen molar-refractivity contribution in [3.8, 4) is 0 Å². The highest BCUT2D eigenvalue weighted by Crippen LogP contribution is 2.45. The molecule has 0 saturated carbocycles. The summed E-state index contributed by atoms with van der Waals surface area (Å²) in [7, 11) is -4.39. The Balaban J connectivity index is 2.30. The van der Waals surface area contributed by atoms with E-state index in [1.165, 1.54) is 12.1 Å². The minimum Gasteiger partial charge on any atom is -0.479 e. The van der Waals surface area contributed by atoms with Crippen LogP contribution in [0.15, 0.2) is 54.6 Å². The Kier molecular flexibility index (Phi) is 4.53. The van der Waals surface area contributed by atoms with Gasteiger partial charge in [0.25, 0.3) is 0 Å². The van der Waals surface area contributed by atoms with Crippen molar-refractivity contribution in [1.29, 1.82) is 0 Å². The zero-order valence-electron chi connectivity index (χ0n) is 10.7. The molecule has 0 amide bonds. The van der Waals surface area contributed by atoms with Crippen LogP contribution in [0.2, 0.25) is 0 Å². The van der Waals surface area contributed by atoms with Crippen LogP contribution < -0.4 is 5.30 Å². The lowest BCUT2D eigenvalue weighted by Gasteiger charge is -2.18. The van der Waals surface area contributed by atoms with E-state index in [0.29, 0.717) is 0 Å². The van der Waals surface area contributed by atoms with Gasteiger partial charge in [-0.2, -0.15) is 0 Å². The average molecular weight is 310 g/mol. The zero-order chi connectivity index (χ0) is 15.5. The second-order valence-corrected chi connectivity index (χ2v) is 6.00. The van der Waals surface area contributed by atoms with Crippen molar-refractivity contribution >= 4 is 18.9 Å². The van der Waals surface area contributed by atoms with Gasteiger partial charge in [0, 0.05) is 0 Å². The molecule has 0 radical (unpaired) electrons. The van der Waals surface area contributed by atoms with Crippen molar-refractivity contribution < 1.29 is 28.3 Å². The predicted octanol–water partition coefficient (Wildman–Crippen LogP) is 2.48. The van der Waals surface area contributed by atoms with Crippen LogP contribution in [0.5, 0.6) is 0 Å². The fourth-order valence-electron chi connectivity index (χ4n) is 1.71. The van der Waals surface area contributed by atoms with Gasteiger partial charge in [-0.15, -0.1) is 0 Å². The second kappa shape index (κ2) is 6.18.